The molecule has 1 N–H and O–H groups in total. The molecule has 2 heterocycles. The van der Waals surface area contributed by atoms with Crippen molar-refractivity contribution in [3.05, 3.63) is 52.7 Å². The van der Waals surface area contributed by atoms with Gasteiger partial charge in [0.05, 0.1) is 11.6 Å². The summed E-state index contributed by atoms with van der Waals surface area (Å²) < 4.78 is 19.1. The quantitative estimate of drug-likeness (QED) is 0.875. The molecule has 2 aromatic rings. The molecule has 0 aliphatic carbocycles. The molecule has 1 atom stereocenters. The Morgan fingerprint density at radius 3 is 2.36 bits per heavy atom. The SMILES string of the molecule is Cc1cc(C(=O)N2CCN(C(C)C(=O)Nc3ccc(C)c(F)c3)CC2)c(C)o1. The number of piperazine rings is 1. The van der Waals surface area contributed by atoms with Crippen molar-refractivity contribution in [1.29, 1.82) is 0 Å². The van der Waals surface area contributed by atoms with Crippen LogP contribution in [0.1, 0.15) is 34.4 Å². The highest BCUT2D eigenvalue weighted by Crippen LogP contribution is 2.18. The predicted octanol–water partition coefficient (Wildman–Crippen LogP) is 3.13. The van der Waals surface area contributed by atoms with Gasteiger partial charge >= 0.3 is 0 Å². The number of hydrogen-bond donors (Lipinski definition) is 1. The zero-order chi connectivity index (χ0) is 20.4. The third kappa shape index (κ3) is 4.25. The van der Waals surface area contributed by atoms with Gasteiger partial charge in [-0.1, -0.05) is 6.07 Å². The maximum atomic E-state index is 13.7. The van der Waals surface area contributed by atoms with Gasteiger partial charge in [-0.25, -0.2) is 4.39 Å². The van der Waals surface area contributed by atoms with Gasteiger partial charge in [0, 0.05) is 31.9 Å². The zero-order valence-corrected chi connectivity index (χ0v) is 16.7. The summed E-state index contributed by atoms with van der Waals surface area (Å²) in [5.74, 6) is 0.772. The molecule has 28 heavy (non-hydrogen) atoms. The molecule has 0 radical (unpaired) electrons. The van der Waals surface area contributed by atoms with Gasteiger partial charge in [0.25, 0.3) is 5.91 Å². The number of halogens is 1. The lowest BCUT2D eigenvalue weighted by molar-refractivity contribution is -0.121. The third-order valence-electron chi connectivity index (χ3n) is 5.24. The molecule has 6 nitrogen and oxygen atoms in total. The largest absolute Gasteiger partial charge is 0.466 e. The van der Waals surface area contributed by atoms with Gasteiger partial charge in [-0.3, -0.25) is 14.5 Å². The number of anilines is 1. The lowest BCUT2D eigenvalue weighted by atomic mass is 10.1. The summed E-state index contributed by atoms with van der Waals surface area (Å²) in [6.07, 6.45) is 0. The molecule has 1 aliphatic rings. The molecule has 1 unspecified atom stereocenters. The van der Waals surface area contributed by atoms with Crippen molar-refractivity contribution in [2.45, 2.75) is 33.7 Å². The van der Waals surface area contributed by atoms with Crippen molar-refractivity contribution in [2.24, 2.45) is 0 Å². The highest BCUT2D eigenvalue weighted by molar-refractivity contribution is 5.96. The van der Waals surface area contributed by atoms with Crippen molar-refractivity contribution in [1.82, 2.24) is 9.80 Å². The molecule has 1 aromatic carbocycles. The smallest absolute Gasteiger partial charge is 0.257 e. The summed E-state index contributed by atoms with van der Waals surface area (Å²) in [5, 5.41) is 2.76. The molecule has 1 aromatic heterocycles. The maximum absolute atomic E-state index is 13.7. The van der Waals surface area contributed by atoms with E-state index in [-0.39, 0.29) is 23.7 Å². The average Bonchev–Trinajstić information content (AvgIpc) is 3.01. The molecule has 150 valence electrons. The van der Waals surface area contributed by atoms with Crippen LogP contribution in [-0.2, 0) is 4.79 Å². The number of amides is 2. The van der Waals surface area contributed by atoms with Crippen molar-refractivity contribution in [2.75, 3.05) is 31.5 Å². The molecular weight excluding hydrogens is 361 g/mol. The van der Waals surface area contributed by atoms with Crippen LogP contribution in [0.15, 0.2) is 28.7 Å². The zero-order valence-electron chi connectivity index (χ0n) is 16.7. The summed E-state index contributed by atoms with van der Waals surface area (Å²) in [4.78, 5) is 29.0. The van der Waals surface area contributed by atoms with E-state index in [9.17, 15) is 14.0 Å². The van der Waals surface area contributed by atoms with E-state index in [1.54, 1.807) is 36.9 Å². The Kier molecular flexibility index (Phi) is 5.84. The average molecular weight is 387 g/mol. The molecule has 0 bridgehead atoms. The molecule has 0 saturated carbocycles. The van der Waals surface area contributed by atoms with E-state index in [1.807, 2.05) is 18.7 Å². The number of furan rings is 1. The first kappa shape index (κ1) is 20.1. The van der Waals surface area contributed by atoms with E-state index in [2.05, 4.69) is 5.32 Å². The standard InChI is InChI=1S/C21H26FN3O3/c1-13-5-6-17(12-19(13)22)23-20(26)15(3)24-7-9-25(10-8-24)21(27)18-11-14(2)28-16(18)4/h5-6,11-12,15H,7-10H2,1-4H3,(H,23,26). The first-order valence-electron chi connectivity index (χ1n) is 9.43. The molecule has 2 amide bonds. The fraction of sp³-hybridized carbons (Fsp3) is 0.429. The summed E-state index contributed by atoms with van der Waals surface area (Å²) in [6.45, 7) is 9.38. The number of aryl methyl sites for hydroxylation is 3. The van der Waals surface area contributed by atoms with Crippen molar-refractivity contribution in [3.63, 3.8) is 0 Å². The normalized spacial score (nSPS) is 16.1. The second-order valence-corrected chi connectivity index (χ2v) is 7.28. The summed E-state index contributed by atoms with van der Waals surface area (Å²) >= 11 is 0. The number of carbonyl (C=O) groups is 2. The molecule has 1 aliphatic heterocycles. The van der Waals surface area contributed by atoms with Crippen LogP contribution in [0.4, 0.5) is 10.1 Å². The molecule has 7 heteroatoms. The molecule has 1 fully saturated rings. The van der Waals surface area contributed by atoms with E-state index in [0.29, 0.717) is 48.8 Å². The number of hydrogen-bond acceptors (Lipinski definition) is 4. The highest BCUT2D eigenvalue weighted by atomic mass is 19.1. The third-order valence-corrected chi connectivity index (χ3v) is 5.24. The van der Waals surface area contributed by atoms with Crippen LogP contribution in [0.25, 0.3) is 0 Å². The van der Waals surface area contributed by atoms with Crippen LogP contribution < -0.4 is 5.32 Å². The molecule has 0 spiro atoms. The summed E-state index contributed by atoms with van der Waals surface area (Å²) in [6, 6.07) is 6.04. The van der Waals surface area contributed by atoms with E-state index in [0.717, 1.165) is 5.76 Å². The second kappa shape index (κ2) is 8.14. The van der Waals surface area contributed by atoms with Crippen LogP contribution >= 0.6 is 0 Å². The number of carbonyl (C=O) groups excluding carboxylic acids is 2. The Morgan fingerprint density at radius 2 is 1.79 bits per heavy atom. The van der Waals surface area contributed by atoms with Crippen molar-refractivity contribution < 1.29 is 18.4 Å². The fourth-order valence-electron chi connectivity index (χ4n) is 3.41. The van der Waals surface area contributed by atoms with Gasteiger partial charge in [-0.05, 0) is 51.5 Å². The fourth-order valence-corrected chi connectivity index (χ4v) is 3.41. The Hall–Kier alpha value is -2.67. The van der Waals surface area contributed by atoms with E-state index < -0.39 is 0 Å². The molecule has 3 rings (SSSR count). The minimum Gasteiger partial charge on any atom is -0.466 e. The predicted molar refractivity (Wildman–Crippen MR) is 105 cm³/mol. The van der Waals surface area contributed by atoms with E-state index in [4.69, 9.17) is 4.42 Å². The van der Waals surface area contributed by atoms with Gasteiger partial charge in [0.1, 0.15) is 17.3 Å². The van der Waals surface area contributed by atoms with Gasteiger partial charge < -0.3 is 14.6 Å². The van der Waals surface area contributed by atoms with Crippen LogP contribution in [0.5, 0.6) is 0 Å². The van der Waals surface area contributed by atoms with Crippen molar-refractivity contribution >= 4 is 17.5 Å². The van der Waals surface area contributed by atoms with Gasteiger partial charge in [0.15, 0.2) is 0 Å². The van der Waals surface area contributed by atoms with Gasteiger partial charge in [-0.15, -0.1) is 0 Å². The topological polar surface area (TPSA) is 65.8 Å². The lowest BCUT2D eigenvalue weighted by Crippen LogP contribution is -2.54. The maximum Gasteiger partial charge on any atom is 0.257 e. The summed E-state index contributed by atoms with van der Waals surface area (Å²) in [5.41, 5.74) is 1.58. The summed E-state index contributed by atoms with van der Waals surface area (Å²) in [7, 11) is 0. The highest BCUT2D eigenvalue weighted by Gasteiger charge is 2.29. The molecular formula is C21H26FN3O3. The van der Waals surface area contributed by atoms with Crippen LogP contribution in [0.3, 0.4) is 0 Å². The minimum atomic E-state index is -0.375. The van der Waals surface area contributed by atoms with Crippen molar-refractivity contribution in [3.8, 4) is 0 Å². The first-order valence-corrected chi connectivity index (χ1v) is 9.43. The van der Waals surface area contributed by atoms with E-state index >= 15 is 0 Å². The van der Waals surface area contributed by atoms with Gasteiger partial charge in [-0.2, -0.15) is 0 Å². The van der Waals surface area contributed by atoms with Gasteiger partial charge in [0.2, 0.25) is 5.91 Å². The van der Waals surface area contributed by atoms with E-state index in [1.165, 1.54) is 6.07 Å². The van der Waals surface area contributed by atoms with Crippen LogP contribution in [0.2, 0.25) is 0 Å². The Labute approximate surface area is 164 Å². The Morgan fingerprint density at radius 1 is 1.11 bits per heavy atom. The monoisotopic (exact) mass is 387 g/mol. The number of nitrogens with one attached hydrogen (secondary N) is 1. The molecule has 1 saturated heterocycles. The lowest BCUT2D eigenvalue weighted by Gasteiger charge is -2.37. The van der Waals surface area contributed by atoms with Crippen LogP contribution in [0, 0.1) is 26.6 Å². The Balaban J connectivity index is 1.56. The second-order valence-electron chi connectivity index (χ2n) is 7.28. The number of benzene rings is 1. The number of rotatable bonds is 4. The minimum absolute atomic E-state index is 0.0405. The Bertz CT molecular complexity index is 885. The number of nitrogens with zero attached hydrogens (tertiary/aromatic N) is 2. The van der Waals surface area contributed by atoms with Crippen LogP contribution in [-0.4, -0.2) is 53.8 Å². The first-order chi connectivity index (χ1) is 13.3.